The van der Waals surface area contributed by atoms with Crippen molar-refractivity contribution in [3.05, 3.63) is 36.0 Å². The van der Waals surface area contributed by atoms with Crippen LogP contribution in [0.5, 0.6) is 0 Å². The summed E-state index contributed by atoms with van der Waals surface area (Å²) in [5.74, 6) is -1.82. The molecule has 0 spiro atoms. The van der Waals surface area contributed by atoms with Gasteiger partial charge in [-0.25, -0.2) is 4.79 Å². The van der Waals surface area contributed by atoms with Crippen LogP contribution < -0.4 is 5.32 Å². The largest absolute Gasteiger partial charge is 0.480 e. The number of carboxylic acids is 1. The number of alkyl halides is 1. The van der Waals surface area contributed by atoms with Gasteiger partial charge in [-0.05, 0) is 11.6 Å². The van der Waals surface area contributed by atoms with E-state index in [1.54, 1.807) is 6.20 Å². The third-order valence-corrected chi connectivity index (χ3v) is 3.10. The molecule has 2 aromatic rings. The number of hydrogen-bond donors (Lipinski definition) is 3. The van der Waals surface area contributed by atoms with Crippen molar-refractivity contribution in [2.45, 2.75) is 12.5 Å². The summed E-state index contributed by atoms with van der Waals surface area (Å²) in [5, 5.41) is 12.5. The fourth-order valence-electron chi connectivity index (χ4n) is 1.95. The standard InChI is InChI=1S/C13H13ClN2O3/c14-6-12(17)16-11(13(18)19)5-8-7-15-10-4-2-1-3-9(8)10/h1-4,7,11,15H,5-6H2,(H,16,17)(H,18,19). The Labute approximate surface area is 114 Å². The summed E-state index contributed by atoms with van der Waals surface area (Å²) < 4.78 is 0. The quantitative estimate of drug-likeness (QED) is 0.726. The Morgan fingerprint density at radius 3 is 2.79 bits per heavy atom. The molecule has 0 saturated carbocycles. The number of carboxylic acid groups (broad SMARTS) is 1. The Kier molecular flexibility index (Phi) is 4.06. The number of nitrogens with one attached hydrogen (secondary N) is 2. The van der Waals surface area contributed by atoms with Crippen LogP contribution >= 0.6 is 11.6 Å². The van der Waals surface area contributed by atoms with Crippen molar-refractivity contribution in [2.24, 2.45) is 0 Å². The zero-order chi connectivity index (χ0) is 13.8. The molecule has 6 heteroatoms. The summed E-state index contributed by atoms with van der Waals surface area (Å²) in [5.41, 5.74) is 1.78. The van der Waals surface area contributed by atoms with Crippen molar-refractivity contribution in [1.29, 1.82) is 0 Å². The normalized spacial score (nSPS) is 12.3. The molecular formula is C13H13ClN2O3. The molecule has 1 aromatic carbocycles. The molecule has 1 unspecified atom stereocenters. The first kappa shape index (κ1) is 13.4. The average molecular weight is 281 g/mol. The number of aliphatic carboxylic acids is 1. The van der Waals surface area contributed by atoms with Crippen LogP contribution in [0.1, 0.15) is 5.56 Å². The van der Waals surface area contributed by atoms with Crippen molar-refractivity contribution < 1.29 is 14.7 Å². The summed E-state index contributed by atoms with van der Waals surface area (Å²) in [4.78, 5) is 25.4. The van der Waals surface area contributed by atoms with Gasteiger partial charge < -0.3 is 15.4 Å². The van der Waals surface area contributed by atoms with Gasteiger partial charge in [-0.2, -0.15) is 0 Å². The first-order valence-electron chi connectivity index (χ1n) is 5.75. The lowest BCUT2D eigenvalue weighted by molar-refractivity contribution is -0.141. The molecule has 5 nitrogen and oxygen atoms in total. The summed E-state index contributed by atoms with van der Waals surface area (Å²) in [6.07, 6.45) is 1.97. The Morgan fingerprint density at radius 2 is 2.11 bits per heavy atom. The molecule has 100 valence electrons. The highest BCUT2D eigenvalue weighted by atomic mass is 35.5. The third-order valence-electron chi connectivity index (χ3n) is 2.85. The van der Waals surface area contributed by atoms with E-state index in [1.807, 2.05) is 24.3 Å². The highest BCUT2D eigenvalue weighted by Crippen LogP contribution is 2.19. The molecular weight excluding hydrogens is 268 g/mol. The van der Waals surface area contributed by atoms with Crippen LogP contribution in [0.15, 0.2) is 30.5 Å². The Balaban J connectivity index is 2.21. The fourth-order valence-corrected chi connectivity index (χ4v) is 2.03. The second kappa shape index (κ2) is 5.75. The SMILES string of the molecule is O=C(CCl)NC(Cc1c[nH]c2ccccc12)C(=O)O. The lowest BCUT2D eigenvalue weighted by Gasteiger charge is -2.13. The molecule has 0 radical (unpaired) electrons. The number of rotatable bonds is 5. The first-order chi connectivity index (χ1) is 9.11. The number of H-pyrrole nitrogens is 1. The van der Waals surface area contributed by atoms with Gasteiger partial charge in [-0.3, -0.25) is 4.79 Å². The predicted octanol–water partition coefficient (Wildman–Crippen LogP) is 1.52. The zero-order valence-corrected chi connectivity index (χ0v) is 10.8. The molecule has 1 heterocycles. The number of benzene rings is 1. The van der Waals surface area contributed by atoms with Crippen molar-refractivity contribution in [1.82, 2.24) is 10.3 Å². The summed E-state index contributed by atoms with van der Waals surface area (Å²) >= 11 is 5.37. The van der Waals surface area contributed by atoms with E-state index in [9.17, 15) is 9.59 Å². The van der Waals surface area contributed by atoms with Crippen LogP contribution in [0.25, 0.3) is 10.9 Å². The van der Waals surface area contributed by atoms with E-state index >= 15 is 0 Å². The molecule has 2 rings (SSSR count). The molecule has 0 aliphatic rings. The maximum atomic E-state index is 11.2. The van der Waals surface area contributed by atoms with E-state index in [0.29, 0.717) is 0 Å². The van der Waals surface area contributed by atoms with Gasteiger partial charge in [0.15, 0.2) is 0 Å². The molecule has 3 N–H and O–H groups in total. The number of aromatic nitrogens is 1. The molecule has 0 aliphatic heterocycles. The van der Waals surface area contributed by atoms with E-state index in [-0.39, 0.29) is 12.3 Å². The lowest BCUT2D eigenvalue weighted by atomic mass is 10.1. The number of aromatic amines is 1. The van der Waals surface area contributed by atoms with Crippen molar-refractivity contribution >= 4 is 34.4 Å². The van der Waals surface area contributed by atoms with Gasteiger partial charge in [0, 0.05) is 23.5 Å². The van der Waals surface area contributed by atoms with Crippen molar-refractivity contribution in [2.75, 3.05) is 5.88 Å². The number of amides is 1. The monoisotopic (exact) mass is 280 g/mol. The van der Waals surface area contributed by atoms with E-state index in [2.05, 4.69) is 10.3 Å². The van der Waals surface area contributed by atoms with Crippen LogP contribution in [0.2, 0.25) is 0 Å². The van der Waals surface area contributed by atoms with Gasteiger partial charge >= 0.3 is 5.97 Å². The Morgan fingerprint density at radius 1 is 1.37 bits per heavy atom. The average Bonchev–Trinajstić information content (AvgIpc) is 2.81. The van der Waals surface area contributed by atoms with Crippen molar-refractivity contribution in [3.8, 4) is 0 Å². The third kappa shape index (κ3) is 3.06. The van der Waals surface area contributed by atoms with E-state index in [0.717, 1.165) is 16.5 Å². The number of fused-ring (bicyclic) bond motifs is 1. The minimum absolute atomic E-state index is 0.210. The second-order valence-electron chi connectivity index (χ2n) is 4.16. The van der Waals surface area contributed by atoms with Crippen LogP contribution in [-0.4, -0.2) is 33.9 Å². The summed E-state index contributed by atoms with van der Waals surface area (Å²) in [6, 6.07) is 6.61. The number of hydrogen-bond acceptors (Lipinski definition) is 2. The smallest absolute Gasteiger partial charge is 0.326 e. The highest BCUT2D eigenvalue weighted by Gasteiger charge is 2.21. The molecule has 0 fully saturated rings. The van der Waals surface area contributed by atoms with Gasteiger partial charge in [0.25, 0.3) is 0 Å². The maximum absolute atomic E-state index is 11.2. The van der Waals surface area contributed by atoms with Crippen LogP contribution in [0, 0.1) is 0 Å². The fraction of sp³-hybridized carbons (Fsp3) is 0.231. The number of carbonyl (C=O) groups is 2. The first-order valence-corrected chi connectivity index (χ1v) is 6.28. The number of para-hydroxylation sites is 1. The molecule has 1 aromatic heterocycles. The Bertz CT molecular complexity index is 609. The molecule has 0 aliphatic carbocycles. The molecule has 0 bridgehead atoms. The van der Waals surface area contributed by atoms with E-state index < -0.39 is 17.9 Å². The van der Waals surface area contributed by atoms with Gasteiger partial charge in [0.2, 0.25) is 5.91 Å². The van der Waals surface area contributed by atoms with E-state index in [1.165, 1.54) is 0 Å². The topological polar surface area (TPSA) is 82.2 Å². The summed E-state index contributed by atoms with van der Waals surface area (Å²) in [7, 11) is 0. The van der Waals surface area contributed by atoms with Gasteiger partial charge in [-0.1, -0.05) is 18.2 Å². The lowest BCUT2D eigenvalue weighted by Crippen LogP contribution is -2.42. The number of halogens is 1. The van der Waals surface area contributed by atoms with Gasteiger partial charge in [-0.15, -0.1) is 11.6 Å². The van der Waals surface area contributed by atoms with Crippen LogP contribution in [0.4, 0.5) is 0 Å². The maximum Gasteiger partial charge on any atom is 0.326 e. The highest BCUT2D eigenvalue weighted by molar-refractivity contribution is 6.27. The molecule has 1 atom stereocenters. The van der Waals surface area contributed by atoms with Gasteiger partial charge in [0.1, 0.15) is 11.9 Å². The second-order valence-corrected chi connectivity index (χ2v) is 4.42. The van der Waals surface area contributed by atoms with Crippen molar-refractivity contribution in [3.63, 3.8) is 0 Å². The summed E-state index contributed by atoms with van der Waals surface area (Å²) in [6.45, 7) is 0. The predicted molar refractivity (Wildman–Crippen MR) is 72.3 cm³/mol. The van der Waals surface area contributed by atoms with E-state index in [4.69, 9.17) is 16.7 Å². The Hall–Kier alpha value is -2.01. The zero-order valence-electron chi connectivity index (χ0n) is 10.0. The molecule has 0 saturated heterocycles. The minimum atomic E-state index is -1.08. The van der Waals surface area contributed by atoms with Gasteiger partial charge in [0.05, 0.1) is 0 Å². The molecule has 19 heavy (non-hydrogen) atoms. The minimum Gasteiger partial charge on any atom is -0.480 e. The molecule has 1 amide bonds. The van der Waals surface area contributed by atoms with Crippen LogP contribution in [0.3, 0.4) is 0 Å². The number of carbonyl (C=O) groups excluding carboxylic acids is 1. The van der Waals surface area contributed by atoms with Crippen LogP contribution in [-0.2, 0) is 16.0 Å².